The van der Waals surface area contributed by atoms with Gasteiger partial charge in [0, 0.05) is 6.54 Å². The second-order valence-electron chi connectivity index (χ2n) is 5.62. The molecule has 3 rings (SSSR count). The zero-order valence-corrected chi connectivity index (χ0v) is 14.3. The van der Waals surface area contributed by atoms with Crippen LogP contribution in [0.5, 0.6) is 17.2 Å². The Hall–Kier alpha value is -3.46. The predicted molar refractivity (Wildman–Crippen MR) is 95.9 cm³/mol. The number of fused-ring (bicyclic) bond motifs is 1. The lowest BCUT2D eigenvalue weighted by Crippen LogP contribution is -2.26. The highest BCUT2D eigenvalue weighted by molar-refractivity contribution is 6.01. The first-order valence-corrected chi connectivity index (χ1v) is 8.13. The van der Waals surface area contributed by atoms with E-state index in [-0.39, 0.29) is 12.4 Å². The van der Waals surface area contributed by atoms with Gasteiger partial charge in [0.15, 0.2) is 11.5 Å². The molecule has 1 heterocycles. The van der Waals surface area contributed by atoms with Crippen LogP contribution in [0.2, 0.25) is 0 Å². The molecular formula is C20H18N2O4. The minimum atomic E-state index is -0.417. The normalized spacial score (nSPS) is 12.4. The molecule has 2 aromatic rings. The van der Waals surface area contributed by atoms with Crippen LogP contribution in [-0.4, -0.2) is 26.4 Å². The fraction of sp³-hybridized carbons (Fsp3) is 0.200. The number of carbonyl (C=O) groups excluding carboxylic acids is 1. The molecule has 0 saturated carbocycles. The van der Waals surface area contributed by atoms with Gasteiger partial charge >= 0.3 is 0 Å². The minimum Gasteiger partial charge on any atom is -0.493 e. The van der Waals surface area contributed by atoms with E-state index in [4.69, 9.17) is 14.2 Å². The number of hydrogen-bond acceptors (Lipinski definition) is 5. The third-order valence-electron chi connectivity index (χ3n) is 3.90. The predicted octanol–water partition coefficient (Wildman–Crippen LogP) is 2.69. The number of rotatable bonds is 6. The Kier molecular flexibility index (Phi) is 5.40. The fourth-order valence-electron chi connectivity index (χ4n) is 2.61. The Balaban J connectivity index is 1.70. The summed E-state index contributed by atoms with van der Waals surface area (Å²) in [5.74, 6) is 1.13. The van der Waals surface area contributed by atoms with E-state index in [2.05, 4.69) is 5.32 Å². The van der Waals surface area contributed by atoms with E-state index in [0.717, 1.165) is 5.56 Å². The standard InChI is InChI=1S/C20H18N2O4/c1-24-17-10-15(11-18-19(17)26-13-25-18)9-16(12-21)20(23)22-8-7-14-5-3-2-4-6-14/h2-6,9-11H,7-8,13H2,1H3,(H,22,23)/b16-9+. The van der Waals surface area contributed by atoms with E-state index >= 15 is 0 Å². The van der Waals surface area contributed by atoms with E-state index < -0.39 is 5.91 Å². The highest BCUT2D eigenvalue weighted by Gasteiger charge is 2.20. The van der Waals surface area contributed by atoms with Crippen molar-refractivity contribution in [2.45, 2.75) is 6.42 Å². The number of amides is 1. The monoisotopic (exact) mass is 350 g/mol. The first-order valence-electron chi connectivity index (χ1n) is 8.13. The first kappa shape index (κ1) is 17.4. The molecule has 0 radical (unpaired) electrons. The number of hydrogen-bond donors (Lipinski definition) is 1. The van der Waals surface area contributed by atoms with Crippen LogP contribution in [0.25, 0.3) is 6.08 Å². The molecule has 26 heavy (non-hydrogen) atoms. The van der Waals surface area contributed by atoms with E-state index in [1.54, 1.807) is 12.1 Å². The molecule has 2 aromatic carbocycles. The molecule has 1 aliphatic heterocycles. The molecule has 1 aliphatic rings. The van der Waals surface area contributed by atoms with Gasteiger partial charge in [-0.15, -0.1) is 0 Å². The van der Waals surface area contributed by atoms with Crippen LogP contribution in [0.1, 0.15) is 11.1 Å². The molecule has 6 nitrogen and oxygen atoms in total. The number of benzene rings is 2. The Bertz CT molecular complexity index is 869. The molecule has 0 atom stereocenters. The van der Waals surface area contributed by atoms with Gasteiger partial charge in [0.25, 0.3) is 5.91 Å². The van der Waals surface area contributed by atoms with Gasteiger partial charge in [0.05, 0.1) is 7.11 Å². The SMILES string of the molecule is COc1cc(/C=C(\C#N)C(=O)NCCc2ccccc2)cc2c1OCO2. The van der Waals surface area contributed by atoms with Crippen molar-refractivity contribution in [1.29, 1.82) is 5.26 Å². The average molecular weight is 350 g/mol. The smallest absolute Gasteiger partial charge is 0.261 e. The van der Waals surface area contributed by atoms with Crippen LogP contribution >= 0.6 is 0 Å². The van der Waals surface area contributed by atoms with E-state index in [1.165, 1.54) is 13.2 Å². The van der Waals surface area contributed by atoms with E-state index in [0.29, 0.717) is 35.8 Å². The van der Waals surface area contributed by atoms with Crippen molar-refractivity contribution in [1.82, 2.24) is 5.32 Å². The summed E-state index contributed by atoms with van der Waals surface area (Å²) >= 11 is 0. The highest BCUT2D eigenvalue weighted by Crippen LogP contribution is 2.42. The first-order chi connectivity index (χ1) is 12.7. The van der Waals surface area contributed by atoms with Gasteiger partial charge in [-0.25, -0.2) is 0 Å². The van der Waals surface area contributed by atoms with Gasteiger partial charge in [-0.2, -0.15) is 5.26 Å². The maximum atomic E-state index is 12.3. The van der Waals surface area contributed by atoms with Gasteiger partial charge in [0.1, 0.15) is 11.6 Å². The summed E-state index contributed by atoms with van der Waals surface area (Å²) in [4.78, 5) is 12.3. The second-order valence-corrected chi connectivity index (χ2v) is 5.62. The zero-order chi connectivity index (χ0) is 18.4. The van der Waals surface area contributed by atoms with E-state index in [9.17, 15) is 10.1 Å². The van der Waals surface area contributed by atoms with Gasteiger partial charge in [-0.1, -0.05) is 30.3 Å². The molecule has 0 unspecified atom stereocenters. The molecule has 6 heteroatoms. The quantitative estimate of drug-likeness (QED) is 0.640. The highest BCUT2D eigenvalue weighted by atomic mass is 16.7. The lowest BCUT2D eigenvalue weighted by atomic mass is 10.1. The number of ether oxygens (including phenoxy) is 3. The van der Waals surface area contributed by atoms with Crippen LogP contribution in [0.15, 0.2) is 48.0 Å². The van der Waals surface area contributed by atoms with Crippen molar-refractivity contribution in [3.8, 4) is 23.3 Å². The molecule has 0 aliphatic carbocycles. The third-order valence-corrected chi connectivity index (χ3v) is 3.90. The van der Waals surface area contributed by atoms with Crippen molar-refractivity contribution in [2.24, 2.45) is 0 Å². The largest absolute Gasteiger partial charge is 0.493 e. The second kappa shape index (κ2) is 8.08. The molecule has 1 amide bonds. The number of nitriles is 1. The molecular weight excluding hydrogens is 332 g/mol. The van der Waals surface area contributed by atoms with Crippen molar-refractivity contribution < 1.29 is 19.0 Å². The van der Waals surface area contributed by atoms with Crippen LogP contribution in [0.4, 0.5) is 0 Å². The van der Waals surface area contributed by atoms with Crippen molar-refractivity contribution >= 4 is 12.0 Å². The molecule has 0 aromatic heterocycles. The van der Waals surface area contributed by atoms with Crippen LogP contribution in [0, 0.1) is 11.3 Å². The van der Waals surface area contributed by atoms with Gasteiger partial charge in [0.2, 0.25) is 12.5 Å². The topological polar surface area (TPSA) is 80.6 Å². The summed E-state index contributed by atoms with van der Waals surface area (Å²) in [5.41, 5.74) is 1.76. The van der Waals surface area contributed by atoms with Crippen LogP contribution < -0.4 is 19.5 Å². The van der Waals surface area contributed by atoms with Gasteiger partial charge < -0.3 is 19.5 Å². The Morgan fingerprint density at radius 3 is 2.85 bits per heavy atom. The maximum absolute atomic E-state index is 12.3. The lowest BCUT2D eigenvalue weighted by molar-refractivity contribution is -0.117. The summed E-state index contributed by atoms with van der Waals surface area (Å²) < 4.78 is 16.0. The molecule has 0 saturated heterocycles. The van der Waals surface area contributed by atoms with Crippen LogP contribution in [-0.2, 0) is 11.2 Å². The molecule has 0 bridgehead atoms. The molecule has 0 spiro atoms. The maximum Gasteiger partial charge on any atom is 0.261 e. The Morgan fingerprint density at radius 2 is 2.12 bits per heavy atom. The lowest BCUT2D eigenvalue weighted by Gasteiger charge is -2.07. The van der Waals surface area contributed by atoms with Crippen molar-refractivity contribution in [3.63, 3.8) is 0 Å². The summed E-state index contributed by atoms with van der Waals surface area (Å²) in [6.07, 6.45) is 2.20. The van der Waals surface area contributed by atoms with E-state index in [1.807, 2.05) is 36.4 Å². The summed E-state index contributed by atoms with van der Waals surface area (Å²) in [7, 11) is 1.52. The summed E-state index contributed by atoms with van der Waals surface area (Å²) in [6, 6.07) is 15.2. The average Bonchev–Trinajstić information content (AvgIpc) is 3.14. The van der Waals surface area contributed by atoms with Crippen LogP contribution in [0.3, 0.4) is 0 Å². The molecule has 0 fully saturated rings. The molecule has 1 N–H and O–H groups in total. The number of nitrogens with zero attached hydrogens (tertiary/aromatic N) is 1. The van der Waals surface area contributed by atoms with Crippen molar-refractivity contribution in [2.75, 3.05) is 20.4 Å². The summed E-state index contributed by atoms with van der Waals surface area (Å²) in [5, 5.41) is 12.1. The zero-order valence-electron chi connectivity index (χ0n) is 14.3. The summed E-state index contributed by atoms with van der Waals surface area (Å²) in [6.45, 7) is 0.566. The van der Waals surface area contributed by atoms with Gasteiger partial charge in [-0.05, 0) is 35.8 Å². The minimum absolute atomic E-state index is 0.0129. The van der Waals surface area contributed by atoms with Crippen molar-refractivity contribution in [3.05, 3.63) is 59.2 Å². The Morgan fingerprint density at radius 1 is 1.31 bits per heavy atom. The van der Waals surface area contributed by atoms with Gasteiger partial charge in [-0.3, -0.25) is 4.79 Å². The fourth-order valence-corrected chi connectivity index (χ4v) is 2.61. The third kappa shape index (κ3) is 3.95. The number of nitrogens with one attached hydrogen (secondary N) is 1. The number of methoxy groups -OCH3 is 1. The number of carbonyl (C=O) groups is 1. The molecule has 132 valence electrons. The Labute approximate surface area is 151 Å².